The fraction of sp³-hybridized carbons (Fsp3) is 1.00. The first kappa shape index (κ1) is 14.0. The molecule has 1 heteroatoms. The van der Waals surface area contributed by atoms with Gasteiger partial charge in [0.25, 0.3) is 0 Å². The molecule has 1 nitrogen and oxygen atoms in total. The minimum atomic E-state index is 0.857. The SMILES string of the molecule is CCC1CCOCCCCCC(C(C)C)C1. The topological polar surface area (TPSA) is 9.23 Å². The molecule has 0 saturated carbocycles. The summed E-state index contributed by atoms with van der Waals surface area (Å²) < 4.78 is 5.69. The zero-order valence-corrected chi connectivity index (χ0v) is 11.5. The molecule has 1 aliphatic rings. The van der Waals surface area contributed by atoms with Crippen LogP contribution in [0.15, 0.2) is 0 Å². The summed E-state index contributed by atoms with van der Waals surface area (Å²) in [4.78, 5) is 0. The van der Waals surface area contributed by atoms with Crippen LogP contribution in [-0.4, -0.2) is 13.2 Å². The van der Waals surface area contributed by atoms with Crippen LogP contribution in [0.25, 0.3) is 0 Å². The highest BCUT2D eigenvalue weighted by molar-refractivity contribution is 4.69. The minimum absolute atomic E-state index is 0.857. The molecule has 0 aromatic carbocycles. The van der Waals surface area contributed by atoms with Gasteiger partial charge in [-0.15, -0.1) is 0 Å². The van der Waals surface area contributed by atoms with E-state index in [1.165, 1.54) is 44.9 Å². The second-order valence-corrected chi connectivity index (χ2v) is 5.76. The monoisotopic (exact) mass is 226 g/mol. The molecule has 0 aromatic heterocycles. The Bertz CT molecular complexity index is 165. The molecule has 0 radical (unpaired) electrons. The number of rotatable bonds is 2. The van der Waals surface area contributed by atoms with E-state index in [-0.39, 0.29) is 0 Å². The van der Waals surface area contributed by atoms with Gasteiger partial charge in [0.2, 0.25) is 0 Å². The third kappa shape index (κ3) is 5.34. The van der Waals surface area contributed by atoms with E-state index in [1.807, 2.05) is 0 Å². The normalized spacial score (nSPS) is 30.0. The van der Waals surface area contributed by atoms with Crippen LogP contribution in [0.4, 0.5) is 0 Å². The summed E-state index contributed by atoms with van der Waals surface area (Å²) in [6.07, 6.45) is 9.50. The molecule has 16 heavy (non-hydrogen) atoms. The molecular weight excluding hydrogens is 196 g/mol. The summed E-state index contributed by atoms with van der Waals surface area (Å²) in [6.45, 7) is 9.11. The average Bonchev–Trinajstić information content (AvgIpc) is 2.32. The molecule has 2 unspecified atom stereocenters. The van der Waals surface area contributed by atoms with Crippen LogP contribution < -0.4 is 0 Å². The number of hydrogen-bond acceptors (Lipinski definition) is 1. The molecule has 96 valence electrons. The Morgan fingerprint density at radius 2 is 1.88 bits per heavy atom. The fourth-order valence-electron chi connectivity index (χ4n) is 2.78. The standard InChI is InChI=1S/C15H30O/c1-4-14-9-11-16-10-7-5-6-8-15(12-14)13(2)3/h13-15H,4-12H2,1-3H3. The first-order chi connectivity index (χ1) is 7.74. The Hall–Kier alpha value is -0.0400. The highest BCUT2D eigenvalue weighted by Gasteiger charge is 2.18. The summed E-state index contributed by atoms with van der Waals surface area (Å²) in [5.41, 5.74) is 0. The minimum Gasteiger partial charge on any atom is -0.381 e. The van der Waals surface area contributed by atoms with Crippen molar-refractivity contribution in [2.24, 2.45) is 17.8 Å². The Balaban J connectivity index is 2.47. The predicted molar refractivity (Wildman–Crippen MR) is 70.6 cm³/mol. The van der Waals surface area contributed by atoms with Gasteiger partial charge in [0, 0.05) is 13.2 Å². The molecule has 0 aliphatic carbocycles. The lowest BCUT2D eigenvalue weighted by Gasteiger charge is -2.25. The van der Waals surface area contributed by atoms with Gasteiger partial charge in [-0.1, -0.05) is 46.5 Å². The third-order valence-corrected chi connectivity index (χ3v) is 4.19. The summed E-state index contributed by atoms with van der Waals surface area (Å²) in [7, 11) is 0. The smallest absolute Gasteiger partial charge is 0.0468 e. The molecule has 2 atom stereocenters. The van der Waals surface area contributed by atoms with Gasteiger partial charge < -0.3 is 4.74 Å². The van der Waals surface area contributed by atoms with Crippen molar-refractivity contribution in [3.8, 4) is 0 Å². The van der Waals surface area contributed by atoms with Crippen molar-refractivity contribution in [2.75, 3.05) is 13.2 Å². The first-order valence-corrected chi connectivity index (χ1v) is 7.31. The van der Waals surface area contributed by atoms with Crippen LogP contribution in [0.2, 0.25) is 0 Å². The molecule has 1 fully saturated rings. The first-order valence-electron chi connectivity index (χ1n) is 7.31. The van der Waals surface area contributed by atoms with E-state index < -0.39 is 0 Å². The Morgan fingerprint density at radius 3 is 2.56 bits per heavy atom. The van der Waals surface area contributed by atoms with Crippen molar-refractivity contribution in [3.63, 3.8) is 0 Å². The van der Waals surface area contributed by atoms with Crippen LogP contribution in [0, 0.1) is 17.8 Å². The molecular formula is C15H30O. The molecule has 0 spiro atoms. The van der Waals surface area contributed by atoms with Crippen molar-refractivity contribution in [1.29, 1.82) is 0 Å². The van der Waals surface area contributed by atoms with Crippen LogP contribution in [-0.2, 0) is 4.74 Å². The van der Waals surface area contributed by atoms with Gasteiger partial charge in [-0.05, 0) is 37.0 Å². The fourth-order valence-corrected chi connectivity index (χ4v) is 2.78. The van der Waals surface area contributed by atoms with Gasteiger partial charge in [-0.3, -0.25) is 0 Å². The van der Waals surface area contributed by atoms with Gasteiger partial charge in [-0.2, -0.15) is 0 Å². The molecule has 1 aliphatic heterocycles. The zero-order chi connectivity index (χ0) is 11.8. The summed E-state index contributed by atoms with van der Waals surface area (Å²) in [6, 6.07) is 0. The maximum absolute atomic E-state index is 5.69. The van der Waals surface area contributed by atoms with Crippen LogP contribution >= 0.6 is 0 Å². The second-order valence-electron chi connectivity index (χ2n) is 5.76. The van der Waals surface area contributed by atoms with E-state index in [2.05, 4.69) is 20.8 Å². The number of hydrogen-bond donors (Lipinski definition) is 0. The lowest BCUT2D eigenvalue weighted by atomic mass is 9.81. The van der Waals surface area contributed by atoms with E-state index in [0.717, 1.165) is 31.0 Å². The van der Waals surface area contributed by atoms with Crippen molar-refractivity contribution >= 4 is 0 Å². The molecule has 0 bridgehead atoms. The van der Waals surface area contributed by atoms with E-state index in [1.54, 1.807) is 0 Å². The second kappa shape index (κ2) is 8.11. The molecule has 1 rings (SSSR count). The maximum atomic E-state index is 5.69. The van der Waals surface area contributed by atoms with Crippen LogP contribution in [0.3, 0.4) is 0 Å². The Labute approximate surface area is 102 Å². The molecule has 0 aromatic rings. The highest BCUT2D eigenvalue weighted by Crippen LogP contribution is 2.29. The molecule has 1 heterocycles. The molecule has 0 amide bonds. The molecule has 1 saturated heterocycles. The predicted octanol–water partition coefficient (Wildman–Crippen LogP) is 4.66. The largest absolute Gasteiger partial charge is 0.381 e. The highest BCUT2D eigenvalue weighted by atomic mass is 16.5. The van der Waals surface area contributed by atoms with Gasteiger partial charge in [0.05, 0.1) is 0 Å². The Morgan fingerprint density at radius 1 is 1.06 bits per heavy atom. The van der Waals surface area contributed by atoms with Gasteiger partial charge in [0.1, 0.15) is 0 Å². The van der Waals surface area contributed by atoms with E-state index in [0.29, 0.717) is 0 Å². The zero-order valence-electron chi connectivity index (χ0n) is 11.5. The van der Waals surface area contributed by atoms with Crippen molar-refractivity contribution in [2.45, 2.75) is 65.7 Å². The van der Waals surface area contributed by atoms with Gasteiger partial charge in [0.15, 0.2) is 0 Å². The van der Waals surface area contributed by atoms with E-state index >= 15 is 0 Å². The molecule has 0 N–H and O–H groups in total. The average molecular weight is 226 g/mol. The third-order valence-electron chi connectivity index (χ3n) is 4.19. The number of ether oxygens (including phenoxy) is 1. The van der Waals surface area contributed by atoms with Crippen molar-refractivity contribution in [3.05, 3.63) is 0 Å². The quantitative estimate of drug-likeness (QED) is 0.665. The lowest BCUT2D eigenvalue weighted by Crippen LogP contribution is -2.15. The van der Waals surface area contributed by atoms with Gasteiger partial charge in [-0.25, -0.2) is 0 Å². The van der Waals surface area contributed by atoms with Crippen LogP contribution in [0.1, 0.15) is 65.7 Å². The van der Waals surface area contributed by atoms with Crippen LogP contribution in [0.5, 0.6) is 0 Å². The lowest BCUT2D eigenvalue weighted by molar-refractivity contribution is 0.114. The summed E-state index contributed by atoms with van der Waals surface area (Å²) in [5, 5.41) is 0. The van der Waals surface area contributed by atoms with Crippen molar-refractivity contribution < 1.29 is 4.74 Å². The van der Waals surface area contributed by atoms with Gasteiger partial charge >= 0.3 is 0 Å². The van der Waals surface area contributed by atoms with Crippen molar-refractivity contribution in [1.82, 2.24) is 0 Å². The Kier molecular flexibility index (Phi) is 7.11. The van der Waals surface area contributed by atoms with E-state index in [9.17, 15) is 0 Å². The van der Waals surface area contributed by atoms with E-state index in [4.69, 9.17) is 4.74 Å². The summed E-state index contributed by atoms with van der Waals surface area (Å²) in [5.74, 6) is 2.70. The maximum Gasteiger partial charge on any atom is 0.0468 e. The summed E-state index contributed by atoms with van der Waals surface area (Å²) >= 11 is 0.